The van der Waals surface area contributed by atoms with Gasteiger partial charge < -0.3 is 10.4 Å². The normalized spacial score (nSPS) is 23.7. The number of aryl methyl sites for hydroxylation is 1. The number of fused-ring (bicyclic) bond motifs is 1. The van der Waals surface area contributed by atoms with Crippen LogP contribution < -0.4 is 5.32 Å². The van der Waals surface area contributed by atoms with Crippen LogP contribution in [-0.2, 0) is 12.8 Å². The zero-order chi connectivity index (χ0) is 13.2. The summed E-state index contributed by atoms with van der Waals surface area (Å²) >= 11 is 3.64. The van der Waals surface area contributed by atoms with Gasteiger partial charge in [-0.25, -0.2) is 0 Å². The van der Waals surface area contributed by atoms with Gasteiger partial charge in [-0.15, -0.1) is 0 Å². The minimum atomic E-state index is 0.332. The van der Waals surface area contributed by atoms with Crippen LogP contribution in [0, 0.1) is 0 Å². The highest BCUT2D eigenvalue weighted by atomic mass is 79.9. The Morgan fingerprint density at radius 1 is 1.11 bits per heavy atom. The first-order valence-corrected chi connectivity index (χ1v) is 8.33. The van der Waals surface area contributed by atoms with E-state index in [1.54, 1.807) is 0 Å². The molecule has 1 heterocycles. The van der Waals surface area contributed by atoms with Crippen molar-refractivity contribution in [2.24, 2.45) is 0 Å². The van der Waals surface area contributed by atoms with Gasteiger partial charge in [-0.1, -0.05) is 18.9 Å². The van der Waals surface area contributed by atoms with Crippen molar-refractivity contribution in [1.29, 1.82) is 0 Å². The summed E-state index contributed by atoms with van der Waals surface area (Å²) in [5.74, 6) is 0.472. The topological polar surface area (TPSA) is 32.3 Å². The van der Waals surface area contributed by atoms with Gasteiger partial charge in [0, 0.05) is 11.6 Å². The molecule has 1 aromatic rings. The van der Waals surface area contributed by atoms with Crippen molar-refractivity contribution in [3.63, 3.8) is 0 Å². The SMILES string of the molecule is Oc1c(C2CCCCN2)cc2c(c1Br)CCCCC2. The van der Waals surface area contributed by atoms with Crippen molar-refractivity contribution >= 4 is 15.9 Å². The van der Waals surface area contributed by atoms with Crippen molar-refractivity contribution in [3.05, 3.63) is 27.2 Å². The van der Waals surface area contributed by atoms with E-state index < -0.39 is 0 Å². The monoisotopic (exact) mass is 323 g/mol. The molecule has 2 nitrogen and oxygen atoms in total. The van der Waals surface area contributed by atoms with Crippen LogP contribution in [0.25, 0.3) is 0 Å². The molecule has 1 saturated heterocycles. The number of phenols is 1. The van der Waals surface area contributed by atoms with E-state index in [1.807, 2.05) is 0 Å². The minimum Gasteiger partial charge on any atom is -0.506 e. The highest BCUT2D eigenvalue weighted by Gasteiger charge is 2.23. The molecule has 1 atom stereocenters. The van der Waals surface area contributed by atoms with Crippen LogP contribution in [0.2, 0.25) is 0 Å². The fourth-order valence-corrected chi connectivity index (χ4v) is 4.11. The zero-order valence-electron chi connectivity index (χ0n) is 11.3. The van der Waals surface area contributed by atoms with Crippen LogP contribution in [-0.4, -0.2) is 11.7 Å². The third-order valence-corrected chi connectivity index (χ3v) is 5.38. The summed E-state index contributed by atoms with van der Waals surface area (Å²) in [6.45, 7) is 1.07. The van der Waals surface area contributed by atoms with E-state index in [-0.39, 0.29) is 0 Å². The van der Waals surface area contributed by atoms with E-state index in [9.17, 15) is 5.11 Å². The van der Waals surface area contributed by atoms with E-state index in [0.717, 1.165) is 35.8 Å². The molecule has 104 valence electrons. The third-order valence-electron chi connectivity index (χ3n) is 4.52. The van der Waals surface area contributed by atoms with Gasteiger partial charge in [0.25, 0.3) is 0 Å². The highest BCUT2D eigenvalue weighted by molar-refractivity contribution is 9.10. The van der Waals surface area contributed by atoms with Gasteiger partial charge in [0.15, 0.2) is 0 Å². The molecule has 0 amide bonds. The van der Waals surface area contributed by atoms with Gasteiger partial charge >= 0.3 is 0 Å². The highest BCUT2D eigenvalue weighted by Crippen LogP contribution is 2.41. The molecular weight excluding hydrogens is 302 g/mol. The Labute approximate surface area is 123 Å². The lowest BCUT2D eigenvalue weighted by Crippen LogP contribution is -2.27. The van der Waals surface area contributed by atoms with Crippen molar-refractivity contribution in [2.45, 2.75) is 57.4 Å². The second-order valence-electron chi connectivity index (χ2n) is 5.83. The fraction of sp³-hybridized carbons (Fsp3) is 0.625. The number of benzene rings is 1. The smallest absolute Gasteiger partial charge is 0.134 e. The molecule has 1 aromatic carbocycles. The van der Waals surface area contributed by atoms with E-state index in [0.29, 0.717) is 11.8 Å². The zero-order valence-corrected chi connectivity index (χ0v) is 12.9. The predicted molar refractivity (Wildman–Crippen MR) is 81.7 cm³/mol. The van der Waals surface area contributed by atoms with Gasteiger partial charge in [0.2, 0.25) is 0 Å². The summed E-state index contributed by atoms with van der Waals surface area (Å²) in [7, 11) is 0. The molecule has 19 heavy (non-hydrogen) atoms. The average molecular weight is 324 g/mol. The van der Waals surface area contributed by atoms with Gasteiger partial charge in [-0.05, 0) is 72.1 Å². The van der Waals surface area contributed by atoms with Crippen LogP contribution in [0.4, 0.5) is 0 Å². The van der Waals surface area contributed by atoms with Gasteiger partial charge in [-0.3, -0.25) is 0 Å². The second-order valence-corrected chi connectivity index (χ2v) is 6.62. The Balaban J connectivity index is 2.00. The van der Waals surface area contributed by atoms with E-state index >= 15 is 0 Å². The summed E-state index contributed by atoms with van der Waals surface area (Å²) in [5.41, 5.74) is 3.89. The predicted octanol–water partition coefficient (Wildman–Crippen LogP) is 4.24. The Morgan fingerprint density at radius 3 is 2.74 bits per heavy atom. The van der Waals surface area contributed by atoms with Gasteiger partial charge in [0.05, 0.1) is 4.47 Å². The number of hydrogen-bond donors (Lipinski definition) is 2. The molecule has 3 rings (SSSR count). The van der Waals surface area contributed by atoms with Gasteiger partial charge in [-0.2, -0.15) is 0 Å². The standard InChI is InChI=1S/C16H22BrNO/c17-15-12-7-3-1-2-6-11(12)10-13(16(15)19)14-8-4-5-9-18-14/h10,14,18-19H,1-9H2. The van der Waals surface area contributed by atoms with Gasteiger partial charge in [0.1, 0.15) is 5.75 Å². The first-order valence-electron chi connectivity index (χ1n) is 7.54. The Morgan fingerprint density at radius 2 is 1.95 bits per heavy atom. The summed E-state index contributed by atoms with van der Waals surface area (Å²) in [5, 5.41) is 14.1. The fourth-order valence-electron chi connectivity index (χ4n) is 3.42. The molecule has 1 aliphatic heterocycles. The average Bonchev–Trinajstić information content (AvgIpc) is 2.69. The van der Waals surface area contributed by atoms with Crippen molar-refractivity contribution in [1.82, 2.24) is 5.32 Å². The lowest BCUT2D eigenvalue weighted by atomic mass is 9.92. The maximum absolute atomic E-state index is 10.5. The maximum atomic E-state index is 10.5. The Hall–Kier alpha value is -0.540. The van der Waals surface area contributed by atoms with E-state index in [1.165, 1.54) is 43.2 Å². The first kappa shape index (κ1) is 13.4. The molecule has 0 bridgehead atoms. The van der Waals surface area contributed by atoms with E-state index in [2.05, 4.69) is 27.3 Å². The number of phenolic OH excluding ortho intramolecular Hbond substituents is 1. The van der Waals surface area contributed by atoms with Crippen LogP contribution in [0.5, 0.6) is 5.75 Å². The Bertz CT molecular complexity index is 466. The minimum absolute atomic E-state index is 0.332. The summed E-state index contributed by atoms with van der Waals surface area (Å²) in [6.07, 6.45) is 9.73. The summed E-state index contributed by atoms with van der Waals surface area (Å²) < 4.78 is 0.953. The number of halogens is 1. The third kappa shape index (κ3) is 2.68. The number of nitrogens with one attached hydrogen (secondary N) is 1. The number of hydrogen-bond acceptors (Lipinski definition) is 2. The second kappa shape index (κ2) is 5.84. The van der Waals surface area contributed by atoms with Crippen molar-refractivity contribution in [3.8, 4) is 5.75 Å². The van der Waals surface area contributed by atoms with Crippen LogP contribution in [0.1, 0.15) is 61.3 Å². The molecule has 0 aromatic heterocycles. The first-order chi connectivity index (χ1) is 9.27. The lowest BCUT2D eigenvalue weighted by Gasteiger charge is -2.26. The molecule has 2 aliphatic rings. The molecule has 0 saturated carbocycles. The molecule has 1 aliphatic carbocycles. The lowest BCUT2D eigenvalue weighted by molar-refractivity contribution is 0.389. The molecule has 1 fully saturated rings. The largest absolute Gasteiger partial charge is 0.506 e. The molecule has 2 N–H and O–H groups in total. The van der Waals surface area contributed by atoms with Crippen molar-refractivity contribution < 1.29 is 5.11 Å². The van der Waals surface area contributed by atoms with Crippen LogP contribution in [0.15, 0.2) is 10.5 Å². The van der Waals surface area contributed by atoms with Crippen LogP contribution in [0.3, 0.4) is 0 Å². The Kier molecular flexibility index (Phi) is 4.13. The molecule has 0 radical (unpaired) electrons. The quantitative estimate of drug-likeness (QED) is 0.758. The number of aromatic hydroxyl groups is 1. The van der Waals surface area contributed by atoms with Crippen molar-refractivity contribution in [2.75, 3.05) is 6.54 Å². The number of rotatable bonds is 1. The molecule has 1 unspecified atom stereocenters. The summed E-state index contributed by atoms with van der Waals surface area (Å²) in [6, 6.07) is 2.60. The van der Waals surface area contributed by atoms with E-state index in [4.69, 9.17) is 0 Å². The summed E-state index contributed by atoms with van der Waals surface area (Å²) in [4.78, 5) is 0. The molecule has 0 spiro atoms. The maximum Gasteiger partial charge on any atom is 0.134 e. The van der Waals surface area contributed by atoms with Crippen LogP contribution >= 0.6 is 15.9 Å². The number of piperidine rings is 1. The molecule has 3 heteroatoms. The molecular formula is C16H22BrNO.